The van der Waals surface area contributed by atoms with Gasteiger partial charge in [0, 0.05) is 0 Å². The molecule has 3 rings (SSSR count). The van der Waals surface area contributed by atoms with Gasteiger partial charge in [0.15, 0.2) is 0 Å². The van der Waals surface area contributed by atoms with Gasteiger partial charge in [-0.1, -0.05) is 37.8 Å². The number of hydrogen-bond donors (Lipinski definition) is 0. The summed E-state index contributed by atoms with van der Waals surface area (Å²) in [5, 5.41) is 0. The SMILES string of the molecule is C1=CC2C(CC1)CCC2C1CCCC1. The van der Waals surface area contributed by atoms with Crippen molar-refractivity contribution in [1.29, 1.82) is 0 Å². The van der Waals surface area contributed by atoms with Crippen molar-refractivity contribution in [2.45, 2.75) is 51.4 Å². The summed E-state index contributed by atoms with van der Waals surface area (Å²) in [4.78, 5) is 0. The third-order valence-electron chi connectivity index (χ3n) is 4.98. The molecule has 2 fully saturated rings. The second kappa shape index (κ2) is 3.72. The molecular formula is C14H22. The maximum Gasteiger partial charge on any atom is -0.0174 e. The summed E-state index contributed by atoms with van der Waals surface area (Å²) < 4.78 is 0. The lowest BCUT2D eigenvalue weighted by molar-refractivity contribution is 0.261. The Morgan fingerprint density at radius 3 is 2.50 bits per heavy atom. The number of fused-ring (bicyclic) bond motifs is 1. The van der Waals surface area contributed by atoms with Crippen LogP contribution in [0.5, 0.6) is 0 Å². The predicted octanol–water partition coefficient (Wildman–Crippen LogP) is 4.17. The van der Waals surface area contributed by atoms with Crippen LogP contribution in [0.4, 0.5) is 0 Å². The zero-order chi connectivity index (χ0) is 9.38. The van der Waals surface area contributed by atoms with E-state index in [9.17, 15) is 0 Å². The Hall–Kier alpha value is -0.260. The summed E-state index contributed by atoms with van der Waals surface area (Å²) in [7, 11) is 0. The average Bonchev–Trinajstić information content (AvgIpc) is 2.85. The molecule has 0 aromatic rings. The summed E-state index contributed by atoms with van der Waals surface area (Å²) >= 11 is 0. The monoisotopic (exact) mass is 190 g/mol. The number of allylic oxidation sites excluding steroid dienone is 2. The number of hydrogen-bond acceptors (Lipinski definition) is 0. The summed E-state index contributed by atoms with van der Waals surface area (Å²) in [5.41, 5.74) is 0. The molecule has 0 aromatic heterocycles. The zero-order valence-electron chi connectivity index (χ0n) is 9.12. The van der Waals surface area contributed by atoms with E-state index in [0.717, 1.165) is 23.7 Å². The van der Waals surface area contributed by atoms with Gasteiger partial charge in [0.25, 0.3) is 0 Å². The van der Waals surface area contributed by atoms with Gasteiger partial charge in [-0.05, 0) is 49.4 Å². The molecule has 0 saturated heterocycles. The van der Waals surface area contributed by atoms with Crippen molar-refractivity contribution < 1.29 is 0 Å². The Morgan fingerprint density at radius 1 is 0.786 bits per heavy atom. The molecule has 2 saturated carbocycles. The van der Waals surface area contributed by atoms with Gasteiger partial charge in [-0.3, -0.25) is 0 Å². The second-order valence-electron chi connectivity index (χ2n) is 5.63. The van der Waals surface area contributed by atoms with Crippen LogP contribution < -0.4 is 0 Å². The quantitative estimate of drug-likeness (QED) is 0.544. The minimum absolute atomic E-state index is 0.992. The van der Waals surface area contributed by atoms with Crippen LogP contribution in [0.25, 0.3) is 0 Å². The first-order valence-electron chi connectivity index (χ1n) is 6.62. The van der Waals surface area contributed by atoms with E-state index in [0.29, 0.717) is 0 Å². The summed E-state index contributed by atoms with van der Waals surface area (Å²) in [5.74, 6) is 4.25. The normalized spacial score (nSPS) is 43.0. The van der Waals surface area contributed by atoms with E-state index in [1.165, 1.54) is 32.1 Å². The van der Waals surface area contributed by atoms with Gasteiger partial charge in [0.1, 0.15) is 0 Å². The van der Waals surface area contributed by atoms with Crippen LogP contribution in [0.1, 0.15) is 51.4 Å². The number of rotatable bonds is 1. The third kappa shape index (κ3) is 1.43. The molecule has 3 unspecified atom stereocenters. The van der Waals surface area contributed by atoms with Gasteiger partial charge in [0.2, 0.25) is 0 Å². The molecule has 0 aliphatic heterocycles. The Labute approximate surface area is 87.8 Å². The van der Waals surface area contributed by atoms with Crippen molar-refractivity contribution in [2.75, 3.05) is 0 Å². The molecular weight excluding hydrogens is 168 g/mol. The van der Waals surface area contributed by atoms with E-state index >= 15 is 0 Å². The highest BCUT2D eigenvalue weighted by atomic mass is 14.4. The smallest absolute Gasteiger partial charge is 0.0174 e. The Balaban J connectivity index is 1.74. The molecule has 0 aromatic carbocycles. The maximum absolute atomic E-state index is 2.57. The van der Waals surface area contributed by atoms with Crippen molar-refractivity contribution >= 4 is 0 Å². The van der Waals surface area contributed by atoms with Gasteiger partial charge in [-0.2, -0.15) is 0 Å². The highest BCUT2D eigenvalue weighted by Gasteiger charge is 2.39. The standard InChI is InChI=1S/C14H22/c1-2-6-11(5-1)14-10-9-12-7-3-4-8-13(12)14/h4,8,11-14H,1-3,5-7,9-10H2. The molecule has 3 aliphatic rings. The molecule has 0 amide bonds. The predicted molar refractivity (Wildman–Crippen MR) is 60.0 cm³/mol. The highest BCUT2D eigenvalue weighted by molar-refractivity contribution is 5.04. The van der Waals surface area contributed by atoms with E-state index in [1.807, 2.05) is 0 Å². The lowest BCUT2D eigenvalue weighted by Gasteiger charge is -2.28. The van der Waals surface area contributed by atoms with Crippen LogP contribution in [-0.4, -0.2) is 0 Å². The minimum Gasteiger partial charge on any atom is -0.0882 e. The van der Waals surface area contributed by atoms with Crippen LogP contribution >= 0.6 is 0 Å². The van der Waals surface area contributed by atoms with Gasteiger partial charge in [0.05, 0.1) is 0 Å². The van der Waals surface area contributed by atoms with Crippen molar-refractivity contribution in [3.8, 4) is 0 Å². The van der Waals surface area contributed by atoms with Crippen LogP contribution in [0, 0.1) is 23.7 Å². The summed E-state index contributed by atoms with van der Waals surface area (Å²) in [6, 6.07) is 0. The molecule has 3 aliphatic carbocycles. The molecule has 3 atom stereocenters. The van der Waals surface area contributed by atoms with Crippen molar-refractivity contribution in [3.05, 3.63) is 12.2 Å². The first kappa shape index (κ1) is 9.00. The van der Waals surface area contributed by atoms with Crippen molar-refractivity contribution in [1.82, 2.24) is 0 Å². The van der Waals surface area contributed by atoms with Crippen molar-refractivity contribution in [3.63, 3.8) is 0 Å². The van der Waals surface area contributed by atoms with Gasteiger partial charge < -0.3 is 0 Å². The fraction of sp³-hybridized carbons (Fsp3) is 0.857. The van der Waals surface area contributed by atoms with Crippen LogP contribution in [0.3, 0.4) is 0 Å². The second-order valence-corrected chi connectivity index (χ2v) is 5.63. The van der Waals surface area contributed by atoms with Gasteiger partial charge in [-0.25, -0.2) is 0 Å². The van der Waals surface area contributed by atoms with Crippen LogP contribution in [-0.2, 0) is 0 Å². The lowest BCUT2D eigenvalue weighted by atomic mass is 9.77. The molecule has 0 nitrogen and oxygen atoms in total. The fourth-order valence-corrected chi connectivity index (χ4v) is 4.28. The fourth-order valence-electron chi connectivity index (χ4n) is 4.28. The van der Waals surface area contributed by atoms with E-state index < -0.39 is 0 Å². The topological polar surface area (TPSA) is 0 Å². The zero-order valence-corrected chi connectivity index (χ0v) is 9.12. The lowest BCUT2D eigenvalue weighted by Crippen LogP contribution is -2.20. The third-order valence-corrected chi connectivity index (χ3v) is 4.98. The van der Waals surface area contributed by atoms with E-state index in [4.69, 9.17) is 0 Å². The largest absolute Gasteiger partial charge is 0.0882 e. The van der Waals surface area contributed by atoms with Gasteiger partial charge >= 0.3 is 0 Å². The Morgan fingerprint density at radius 2 is 1.64 bits per heavy atom. The molecule has 0 bridgehead atoms. The first-order valence-corrected chi connectivity index (χ1v) is 6.62. The first-order chi connectivity index (χ1) is 6.95. The Bertz CT molecular complexity index is 222. The molecule has 0 spiro atoms. The molecule has 0 N–H and O–H groups in total. The molecule has 78 valence electrons. The molecule has 0 heteroatoms. The van der Waals surface area contributed by atoms with Crippen LogP contribution in [0.2, 0.25) is 0 Å². The Kier molecular flexibility index (Phi) is 2.39. The van der Waals surface area contributed by atoms with Crippen molar-refractivity contribution in [2.24, 2.45) is 23.7 Å². The van der Waals surface area contributed by atoms with E-state index in [-0.39, 0.29) is 0 Å². The van der Waals surface area contributed by atoms with E-state index in [1.54, 1.807) is 19.3 Å². The van der Waals surface area contributed by atoms with Gasteiger partial charge in [-0.15, -0.1) is 0 Å². The molecule has 0 heterocycles. The molecule has 14 heavy (non-hydrogen) atoms. The summed E-state index contributed by atoms with van der Waals surface area (Å²) in [6.07, 6.45) is 17.1. The maximum atomic E-state index is 2.57. The highest BCUT2D eigenvalue weighted by Crippen LogP contribution is 2.49. The van der Waals surface area contributed by atoms with E-state index in [2.05, 4.69) is 12.2 Å². The summed E-state index contributed by atoms with van der Waals surface area (Å²) in [6.45, 7) is 0. The minimum atomic E-state index is 0.992. The average molecular weight is 190 g/mol. The molecule has 0 radical (unpaired) electrons. The van der Waals surface area contributed by atoms with Crippen LogP contribution in [0.15, 0.2) is 12.2 Å².